The van der Waals surface area contributed by atoms with Crippen LogP contribution in [0.1, 0.15) is 6.42 Å². The van der Waals surface area contributed by atoms with Crippen molar-refractivity contribution in [3.63, 3.8) is 0 Å². The summed E-state index contributed by atoms with van der Waals surface area (Å²) in [5, 5.41) is 3.18. The lowest BCUT2D eigenvalue weighted by atomic mass is 10.2. The fraction of sp³-hybridized carbons (Fsp3) is 0.545. The van der Waals surface area contributed by atoms with Crippen molar-refractivity contribution in [3.8, 4) is 0 Å². The van der Waals surface area contributed by atoms with Crippen LogP contribution < -0.4 is 16.6 Å². The number of carbonyl (C=O) groups is 1. The Morgan fingerprint density at radius 1 is 1.58 bits per heavy atom. The van der Waals surface area contributed by atoms with Gasteiger partial charge in [0.15, 0.2) is 0 Å². The smallest absolute Gasteiger partial charge is 0.328 e. The van der Waals surface area contributed by atoms with Crippen LogP contribution in [0.4, 0.5) is 0 Å². The van der Waals surface area contributed by atoms with E-state index in [1.165, 1.54) is 10.8 Å². The van der Waals surface area contributed by atoms with Crippen LogP contribution in [-0.4, -0.2) is 46.5 Å². The van der Waals surface area contributed by atoms with E-state index in [2.05, 4.69) is 26.2 Å². The Balaban J connectivity index is 2.12. The summed E-state index contributed by atoms with van der Waals surface area (Å²) in [5.74, 6) is -0.158. The number of hydrogen-bond acceptors (Lipinski definition) is 4. The van der Waals surface area contributed by atoms with Gasteiger partial charge < -0.3 is 10.2 Å². The van der Waals surface area contributed by atoms with E-state index in [1.807, 2.05) is 0 Å². The van der Waals surface area contributed by atoms with Crippen LogP contribution in [-0.2, 0) is 11.3 Å². The molecule has 1 atom stereocenters. The Hall–Kier alpha value is -1.41. The predicted molar refractivity (Wildman–Crippen MR) is 73.1 cm³/mol. The molecule has 2 N–H and O–H groups in total. The van der Waals surface area contributed by atoms with Crippen LogP contribution in [0, 0.1) is 0 Å². The maximum atomic E-state index is 12.1. The Kier molecular flexibility index (Phi) is 4.20. The van der Waals surface area contributed by atoms with Gasteiger partial charge in [0.1, 0.15) is 6.54 Å². The summed E-state index contributed by atoms with van der Waals surface area (Å²) in [6.07, 6.45) is 2.24. The second kappa shape index (κ2) is 5.70. The van der Waals surface area contributed by atoms with Crippen LogP contribution in [0.5, 0.6) is 0 Å². The lowest BCUT2D eigenvalue weighted by Gasteiger charge is -2.24. The number of nitrogens with one attached hydrogen (secondary N) is 2. The molecule has 2 heterocycles. The van der Waals surface area contributed by atoms with E-state index < -0.39 is 11.2 Å². The van der Waals surface area contributed by atoms with Gasteiger partial charge in [0, 0.05) is 25.8 Å². The van der Waals surface area contributed by atoms with Crippen molar-refractivity contribution >= 4 is 21.8 Å². The van der Waals surface area contributed by atoms with E-state index in [-0.39, 0.29) is 23.0 Å². The zero-order chi connectivity index (χ0) is 14.0. The van der Waals surface area contributed by atoms with Crippen molar-refractivity contribution in [2.75, 3.05) is 20.1 Å². The Morgan fingerprint density at radius 2 is 2.32 bits per heavy atom. The normalized spacial score (nSPS) is 18.5. The van der Waals surface area contributed by atoms with Crippen LogP contribution in [0.2, 0.25) is 0 Å². The number of rotatable bonds is 3. The first kappa shape index (κ1) is 14.0. The number of hydrogen-bond donors (Lipinski definition) is 2. The van der Waals surface area contributed by atoms with Gasteiger partial charge in [-0.05, 0) is 28.9 Å². The third kappa shape index (κ3) is 3.13. The molecule has 1 fully saturated rings. The van der Waals surface area contributed by atoms with Gasteiger partial charge in [-0.3, -0.25) is 19.1 Å². The van der Waals surface area contributed by atoms with Crippen LogP contribution in [0.15, 0.2) is 20.3 Å². The van der Waals surface area contributed by atoms with Gasteiger partial charge >= 0.3 is 5.69 Å². The third-order valence-corrected chi connectivity index (χ3v) is 3.81. The summed E-state index contributed by atoms with van der Waals surface area (Å²) >= 11 is 3.04. The van der Waals surface area contributed by atoms with E-state index in [0.29, 0.717) is 0 Å². The quantitative estimate of drug-likeness (QED) is 0.753. The predicted octanol–water partition coefficient (Wildman–Crippen LogP) is -0.881. The summed E-state index contributed by atoms with van der Waals surface area (Å²) in [4.78, 5) is 38.6. The first-order chi connectivity index (χ1) is 8.99. The van der Waals surface area contributed by atoms with Gasteiger partial charge in [-0.15, -0.1) is 0 Å². The molecule has 19 heavy (non-hydrogen) atoms. The molecule has 1 aliphatic heterocycles. The largest absolute Gasteiger partial charge is 0.340 e. The first-order valence-electron chi connectivity index (χ1n) is 5.94. The highest BCUT2D eigenvalue weighted by Crippen LogP contribution is 2.07. The van der Waals surface area contributed by atoms with Gasteiger partial charge in [-0.25, -0.2) is 4.79 Å². The van der Waals surface area contributed by atoms with Gasteiger partial charge in [0.25, 0.3) is 5.56 Å². The Labute approximate surface area is 117 Å². The summed E-state index contributed by atoms with van der Waals surface area (Å²) in [5.41, 5.74) is -1.08. The summed E-state index contributed by atoms with van der Waals surface area (Å²) < 4.78 is 1.41. The highest BCUT2D eigenvalue weighted by molar-refractivity contribution is 9.10. The molecule has 0 saturated carbocycles. The number of H-pyrrole nitrogens is 1. The van der Waals surface area contributed by atoms with E-state index in [9.17, 15) is 14.4 Å². The van der Waals surface area contributed by atoms with E-state index in [1.54, 1.807) is 11.9 Å². The van der Waals surface area contributed by atoms with Gasteiger partial charge in [-0.2, -0.15) is 0 Å². The van der Waals surface area contributed by atoms with Crippen LogP contribution in [0.3, 0.4) is 0 Å². The van der Waals surface area contributed by atoms with Crippen LogP contribution in [0.25, 0.3) is 0 Å². The number of aromatic nitrogens is 2. The molecule has 0 radical (unpaired) electrons. The SMILES string of the molecule is CN(C(=O)Cn1cc(Br)c(=O)[nH]c1=O)[C@H]1CCNC1. The average molecular weight is 331 g/mol. The van der Waals surface area contributed by atoms with E-state index in [4.69, 9.17) is 0 Å². The molecule has 0 spiro atoms. The van der Waals surface area contributed by atoms with Gasteiger partial charge in [0.05, 0.1) is 4.47 Å². The Morgan fingerprint density at radius 3 is 2.95 bits per heavy atom. The summed E-state index contributed by atoms with van der Waals surface area (Å²) in [6.45, 7) is 1.58. The number of amides is 1. The molecule has 0 aliphatic carbocycles. The molecule has 0 unspecified atom stereocenters. The second-order valence-corrected chi connectivity index (χ2v) is 5.37. The highest BCUT2D eigenvalue weighted by atomic mass is 79.9. The second-order valence-electron chi connectivity index (χ2n) is 4.52. The molecule has 1 amide bonds. The van der Waals surface area contributed by atoms with Crippen molar-refractivity contribution in [1.82, 2.24) is 19.8 Å². The minimum atomic E-state index is -0.584. The van der Waals surface area contributed by atoms with Crippen LogP contribution >= 0.6 is 15.9 Å². The molecular formula is C11H15BrN4O3. The van der Waals surface area contributed by atoms with Crippen molar-refractivity contribution < 1.29 is 4.79 Å². The fourth-order valence-corrected chi connectivity index (χ4v) is 2.38. The fourth-order valence-electron chi connectivity index (χ4n) is 2.03. The maximum Gasteiger partial charge on any atom is 0.328 e. The molecule has 0 aromatic carbocycles. The molecule has 7 nitrogen and oxygen atoms in total. The van der Waals surface area contributed by atoms with Crippen molar-refractivity contribution in [3.05, 3.63) is 31.5 Å². The zero-order valence-electron chi connectivity index (χ0n) is 10.5. The van der Waals surface area contributed by atoms with Crippen molar-refractivity contribution in [1.29, 1.82) is 0 Å². The maximum absolute atomic E-state index is 12.1. The number of likely N-dealkylation sites (N-methyl/N-ethyl adjacent to an activating group) is 1. The lowest BCUT2D eigenvalue weighted by molar-refractivity contribution is -0.132. The number of aromatic amines is 1. The molecule has 104 valence electrons. The molecule has 0 bridgehead atoms. The van der Waals surface area contributed by atoms with E-state index in [0.717, 1.165) is 19.5 Å². The first-order valence-corrected chi connectivity index (χ1v) is 6.74. The number of halogens is 1. The molecule has 1 aliphatic rings. The topological polar surface area (TPSA) is 87.2 Å². The average Bonchev–Trinajstić information content (AvgIpc) is 2.88. The Bertz CT molecular complexity index is 588. The summed E-state index contributed by atoms with van der Waals surface area (Å²) in [7, 11) is 1.73. The third-order valence-electron chi connectivity index (χ3n) is 3.25. The minimum absolute atomic E-state index is 0.0821. The minimum Gasteiger partial charge on any atom is -0.340 e. The molecule has 1 aromatic heterocycles. The number of nitrogens with zero attached hydrogens (tertiary/aromatic N) is 2. The molecule has 1 aromatic rings. The monoisotopic (exact) mass is 330 g/mol. The zero-order valence-corrected chi connectivity index (χ0v) is 12.1. The highest BCUT2D eigenvalue weighted by Gasteiger charge is 2.23. The van der Waals surface area contributed by atoms with Crippen molar-refractivity contribution in [2.45, 2.75) is 19.0 Å². The van der Waals surface area contributed by atoms with E-state index >= 15 is 0 Å². The number of carbonyl (C=O) groups excluding carboxylic acids is 1. The molecule has 8 heteroatoms. The molecule has 2 rings (SSSR count). The van der Waals surface area contributed by atoms with Crippen molar-refractivity contribution in [2.24, 2.45) is 0 Å². The summed E-state index contributed by atoms with van der Waals surface area (Å²) in [6, 6.07) is 0.161. The standard InChI is InChI=1S/C11H15BrN4O3/c1-15(7-2-3-13-4-7)9(17)6-16-5-8(12)10(18)14-11(16)19/h5,7,13H,2-4,6H2,1H3,(H,14,18,19)/t7-/m0/s1. The lowest BCUT2D eigenvalue weighted by Crippen LogP contribution is -2.42. The van der Waals surface area contributed by atoms with Gasteiger partial charge in [0.2, 0.25) is 5.91 Å². The molecule has 1 saturated heterocycles. The molecular weight excluding hydrogens is 316 g/mol. The van der Waals surface area contributed by atoms with Gasteiger partial charge in [-0.1, -0.05) is 0 Å².